The minimum Gasteiger partial charge on any atom is -0.352 e. The number of nitrogens with zero attached hydrogens (tertiary/aromatic N) is 2. The number of amides is 1. The van der Waals surface area contributed by atoms with Crippen molar-refractivity contribution in [3.05, 3.63) is 71.8 Å². The summed E-state index contributed by atoms with van der Waals surface area (Å²) in [6.45, 7) is 2.32. The van der Waals surface area contributed by atoms with Gasteiger partial charge < -0.3 is 5.32 Å². The van der Waals surface area contributed by atoms with Crippen molar-refractivity contribution in [2.45, 2.75) is 25.6 Å². The predicted octanol–water partition coefficient (Wildman–Crippen LogP) is 2.73. The van der Waals surface area contributed by atoms with Crippen LogP contribution in [0.2, 0.25) is 0 Å². The summed E-state index contributed by atoms with van der Waals surface area (Å²) >= 11 is 0. The molecule has 1 N–H and O–H groups in total. The first-order valence-electron chi connectivity index (χ1n) is 7.94. The highest BCUT2D eigenvalue weighted by Crippen LogP contribution is 2.27. The molecule has 1 aliphatic rings. The summed E-state index contributed by atoms with van der Waals surface area (Å²) in [4.78, 5) is 22.7. The monoisotopic (exact) mass is 323 g/mol. The average molecular weight is 323 g/mol. The van der Waals surface area contributed by atoms with E-state index < -0.39 is 5.72 Å². The van der Waals surface area contributed by atoms with Gasteiger partial charge in [-0.05, 0) is 12.5 Å². The third kappa shape index (κ3) is 3.81. The Bertz CT molecular complexity index is 731. The standard InChI is InChI=1S/C19H21N3O2/c1-19(13-17(23)20-14-15-9-5-3-6-10-15)21-18(22(2)24-19)16-11-7-4-8-12-16/h3-12H,13-14H2,1-2H3,(H,20,23). The third-order valence-corrected chi connectivity index (χ3v) is 3.83. The molecular formula is C19H21N3O2. The van der Waals surface area contributed by atoms with E-state index in [1.165, 1.54) is 0 Å². The lowest BCUT2D eigenvalue weighted by molar-refractivity contribution is -0.166. The molecule has 0 bridgehead atoms. The van der Waals surface area contributed by atoms with Crippen molar-refractivity contribution >= 4 is 11.7 Å². The molecule has 5 heteroatoms. The number of carbonyl (C=O) groups is 1. The normalized spacial score (nSPS) is 19.9. The highest BCUT2D eigenvalue weighted by Gasteiger charge is 2.37. The molecule has 0 aliphatic carbocycles. The Labute approximate surface area is 141 Å². The molecular weight excluding hydrogens is 302 g/mol. The van der Waals surface area contributed by atoms with Crippen molar-refractivity contribution in [1.29, 1.82) is 0 Å². The molecule has 1 aliphatic heterocycles. The van der Waals surface area contributed by atoms with Crippen molar-refractivity contribution in [3.63, 3.8) is 0 Å². The van der Waals surface area contributed by atoms with E-state index in [0.717, 1.165) is 17.0 Å². The Balaban J connectivity index is 1.64. The zero-order valence-corrected chi connectivity index (χ0v) is 13.9. The summed E-state index contributed by atoms with van der Waals surface area (Å²) in [5.41, 5.74) is 1.14. The topological polar surface area (TPSA) is 53.9 Å². The maximum atomic E-state index is 12.2. The van der Waals surface area contributed by atoms with E-state index in [1.807, 2.05) is 67.6 Å². The minimum absolute atomic E-state index is 0.0900. The number of aliphatic imine (C=N–C) groups is 1. The molecule has 2 aromatic carbocycles. The lowest BCUT2D eigenvalue weighted by atomic mass is 10.1. The van der Waals surface area contributed by atoms with Gasteiger partial charge in [-0.25, -0.2) is 14.9 Å². The van der Waals surface area contributed by atoms with Gasteiger partial charge in [0.25, 0.3) is 0 Å². The quantitative estimate of drug-likeness (QED) is 0.920. The molecule has 2 aromatic rings. The molecule has 3 rings (SSSR count). The van der Waals surface area contributed by atoms with E-state index in [2.05, 4.69) is 10.3 Å². The maximum Gasteiger partial charge on any atom is 0.225 e. The molecule has 24 heavy (non-hydrogen) atoms. The molecule has 0 saturated heterocycles. The maximum absolute atomic E-state index is 12.2. The van der Waals surface area contributed by atoms with E-state index in [-0.39, 0.29) is 12.3 Å². The number of carbonyl (C=O) groups excluding carboxylic acids is 1. The van der Waals surface area contributed by atoms with Gasteiger partial charge in [0.1, 0.15) is 0 Å². The lowest BCUT2D eigenvalue weighted by Crippen LogP contribution is -2.35. The third-order valence-electron chi connectivity index (χ3n) is 3.83. The largest absolute Gasteiger partial charge is 0.352 e. The van der Waals surface area contributed by atoms with Gasteiger partial charge in [0.15, 0.2) is 11.6 Å². The Morgan fingerprint density at radius 3 is 2.42 bits per heavy atom. The van der Waals surface area contributed by atoms with Crippen LogP contribution in [-0.2, 0) is 16.2 Å². The average Bonchev–Trinajstić information content (AvgIpc) is 2.89. The zero-order valence-electron chi connectivity index (χ0n) is 13.9. The number of hydrogen-bond donors (Lipinski definition) is 1. The van der Waals surface area contributed by atoms with Crippen LogP contribution in [0.15, 0.2) is 65.7 Å². The van der Waals surface area contributed by atoms with Gasteiger partial charge >= 0.3 is 0 Å². The first-order valence-corrected chi connectivity index (χ1v) is 7.94. The number of benzene rings is 2. The van der Waals surface area contributed by atoms with Crippen LogP contribution in [0.4, 0.5) is 0 Å². The summed E-state index contributed by atoms with van der Waals surface area (Å²) in [6, 6.07) is 19.6. The second-order valence-corrected chi connectivity index (χ2v) is 6.00. The second kappa shape index (κ2) is 6.84. The molecule has 1 unspecified atom stereocenters. The van der Waals surface area contributed by atoms with Crippen LogP contribution < -0.4 is 5.32 Å². The minimum atomic E-state index is -0.888. The lowest BCUT2D eigenvalue weighted by Gasteiger charge is -2.21. The van der Waals surface area contributed by atoms with Crippen molar-refractivity contribution < 1.29 is 9.63 Å². The van der Waals surface area contributed by atoms with Gasteiger partial charge in [-0.3, -0.25) is 4.79 Å². The highest BCUT2D eigenvalue weighted by molar-refractivity contribution is 5.99. The van der Waals surface area contributed by atoms with Crippen molar-refractivity contribution in [2.75, 3.05) is 7.05 Å². The fraction of sp³-hybridized carbons (Fsp3) is 0.263. The number of hydrogen-bond acceptors (Lipinski definition) is 4. The first-order chi connectivity index (χ1) is 11.6. The number of hydroxylamine groups is 2. The smallest absolute Gasteiger partial charge is 0.225 e. The molecule has 0 spiro atoms. The second-order valence-electron chi connectivity index (χ2n) is 6.00. The van der Waals surface area contributed by atoms with Gasteiger partial charge in [-0.1, -0.05) is 60.7 Å². The van der Waals surface area contributed by atoms with Gasteiger partial charge in [0, 0.05) is 19.2 Å². The summed E-state index contributed by atoms with van der Waals surface area (Å²) in [5, 5.41) is 4.54. The van der Waals surface area contributed by atoms with Crippen LogP contribution in [-0.4, -0.2) is 29.6 Å². The molecule has 1 heterocycles. The fourth-order valence-electron chi connectivity index (χ4n) is 2.72. The zero-order chi connectivity index (χ0) is 17.0. The molecule has 0 saturated carbocycles. The molecule has 5 nitrogen and oxygen atoms in total. The van der Waals surface area contributed by atoms with Crippen LogP contribution >= 0.6 is 0 Å². The Kier molecular flexibility index (Phi) is 4.62. The van der Waals surface area contributed by atoms with E-state index in [4.69, 9.17) is 4.84 Å². The van der Waals surface area contributed by atoms with Gasteiger partial charge in [-0.15, -0.1) is 0 Å². The molecule has 1 amide bonds. The van der Waals surface area contributed by atoms with Gasteiger partial charge in [0.2, 0.25) is 5.91 Å². The fourth-order valence-corrected chi connectivity index (χ4v) is 2.72. The van der Waals surface area contributed by atoms with Crippen LogP contribution in [0.1, 0.15) is 24.5 Å². The van der Waals surface area contributed by atoms with Crippen molar-refractivity contribution in [1.82, 2.24) is 10.4 Å². The summed E-state index contributed by atoms with van der Waals surface area (Å²) in [5.74, 6) is 0.641. The summed E-state index contributed by atoms with van der Waals surface area (Å²) in [6.07, 6.45) is 0.167. The number of amidine groups is 1. The van der Waals surface area contributed by atoms with Crippen molar-refractivity contribution in [2.24, 2.45) is 4.99 Å². The molecule has 124 valence electrons. The van der Waals surface area contributed by atoms with Crippen LogP contribution in [0.5, 0.6) is 0 Å². The number of nitrogens with one attached hydrogen (secondary N) is 1. The molecule has 0 aromatic heterocycles. The van der Waals surface area contributed by atoms with E-state index >= 15 is 0 Å². The predicted molar refractivity (Wildman–Crippen MR) is 93.1 cm³/mol. The molecule has 0 fully saturated rings. The number of rotatable bonds is 5. The molecule has 0 radical (unpaired) electrons. The van der Waals surface area contributed by atoms with Crippen molar-refractivity contribution in [3.8, 4) is 0 Å². The Hall–Kier alpha value is -2.66. The summed E-state index contributed by atoms with van der Waals surface area (Å²) in [7, 11) is 1.80. The molecule has 1 atom stereocenters. The van der Waals surface area contributed by atoms with E-state index in [1.54, 1.807) is 12.1 Å². The van der Waals surface area contributed by atoms with Crippen LogP contribution in [0.3, 0.4) is 0 Å². The van der Waals surface area contributed by atoms with Gasteiger partial charge in [0.05, 0.1) is 6.42 Å². The summed E-state index contributed by atoms with van der Waals surface area (Å²) < 4.78 is 0. The van der Waals surface area contributed by atoms with E-state index in [0.29, 0.717) is 6.54 Å². The SMILES string of the molecule is CN1OC(C)(CC(=O)NCc2ccccc2)N=C1c1ccccc1. The first kappa shape index (κ1) is 16.2. The van der Waals surface area contributed by atoms with Gasteiger partial charge in [-0.2, -0.15) is 0 Å². The van der Waals surface area contributed by atoms with Crippen LogP contribution in [0.25, 0.3) is 0 Å². The van der Waals surface area contributed by atoms with E-state index in [9.17, 15) is 4.79 Å². The Morgan fingerprint density at radius 1 is 1.12 bits per heavy atom. The highest BCUT2D eigenvalue weighted by atomic mass is 16.7. The van der Waals surface area contributed by atoms with Crippen LogP contribution in [0, 0.1) is 0 Å². The Morgan fingerprint density at radius 2 is 1.75 bits per heavy atom.